The zero-order valence-electron chi connectivity index (χ0n) is 19.9. The van der Waals surface area contributed by atoms with Gasteiger partial charge in [0.15, 0.2) is 0 Å². The van der Waals surface area contributed by atoms with Gasteiger partial charge in [0, 0.05) is 63.9 Å². The molecule has 1 aromatic carbocycles. The minimum atomic E-state index is 0.215. The molecule has 3 aliphatic rings. The van der Waals surface area contributed by atoms with Crippen molar-refractivity contribution < 1.29 is 9.47 Å². The van der Waals surface area contributed by atoms with Gasteiger partial charge in [-0.05, 0) is 76.7 Å². The van der Waals surface area contributed by atoms with Gasteiger partial charge < -0.3 is 14.4 Å². The van der Waals surface area contributed by atoms with Crippen LogP contribution in [0.5, 0.6) is 5.75 Å². The normalized spacial score (nSPS) is 23.5. The molecule has 4 rings (SSSR count). The van der Waals surface area contributed by atoms with E-state index in [9.17, 15) is 0 Å². The fourth-order valence-corrected chi connectivity index (χ4v) is 5.56. The largest absolute Gasteiger partial charge is 0.494 e. The Morgan fingerprint density at radius 3 is 2.23 bits per heavy atom. The molecule has 3 saturated heterocycles. The van der Waals surface area contributed by atoms with E-state index in [2.05, 4.69) is 52.8 Å². The Labute approximate surface area is 189 Å². The SMILES string of the molecule is CC(C)N1CCN(CC2(c3ccc(OCCCN4CCCC4)cc3)CCOCC2)CC1. The van der Waals surface area contributed by atoms with Crippen molar-refractivity contribution in [1.29, 1.82) is 0 Å². The maximum atomic E-state index is 6.06. The number of nitrogens with zero attached hydrogens (tertiary/aromatic N) is 3. The van der Waals surface area contributed by atoms with Gasteiger partial charge in [0.2, 0.25) is 0 Å². The van der Waals surface area contributed by atoms with Crippen LogP contribution in [0.25, 0.3) is 0 Å². The van der Waals surface area contributed by atoms with Gasteiger partial charge in [-0.3, -0.25) is 9.80 Å². The van der Waals surface area contributed by atoms with Gasteiger partial charge in [-0.15, -0.1) is 0 Å². The van der Waals surface area contributed by atoms with Crippen LogP contribution in [-0.2, 0) is 10.2 Å². The van der Waals surface area contributed by atoms with E-state index < -0.39 is 0 Å². The molecule has 0 bridgehead atoms. The summed E-state index contributed by atoms with van der Waals surface area (Å²) in [7, 11) is 0. The average Bonchev–Trinajstić information content (AvgIpc) is 3.32. The van der Waals surface area contributed by atoms with E-state index in [1.165, 1.54) is 64.2 Å². The smallest absolute Gasteiger partial charge is 0.119 e. The Kier molecular flexibility index (Phi) is 8.27. The van der Waals surface area contributed by atoms with Crippen molar-refractivity contribution in [1.82, 2.24) is 14.7 Å². The topological polar surface area (TPSA) is 28.2 Å². The standard InChI is InChI=1S/C26H43N3O2/c1-23(2)29-17-15-28(16-18-29)22-26(10-20-30-21-11-26)24-6-8-25(9-7-24)31-19-5-14-27-12-3-4-13-27/h6-9,23H,3-5,10-22H2,1-2H3. The molecule has 31 heavy (non-hydrogen) atoms. The molecule has 0 amide bonds. The highest BCUT2D eigenvalue weighted by Crippen LogP contribution is 2.37. The first-order valence-electron chi connectivity index (χ1n) is 12.6. The van der Waals surface area contributed by atoms with Gasteiger partial charge in [-0.25, -0.2) is 0 Å². The van der Waals surface area contributed by atoms with Crippen LogP contribution in [0, 0.1) is 0 Å². The van der Waals surface area contributed by atoms with E-state index in [4.69, 9.17) is 9.47 Å². The Morgan fingerprint density at radius 2 is 1.58 bits per heavy atom. The molecule has 0 unspecified atom stereocenters. The summed E-state index contributed by atoms with van der Waals surface area (Å²) < 4.78 is 11.8. The van der Waals surface area contributed by atoms with E-state index in [0.29, 0.717) is 6.04 Å². The molecule has 5 nitrogen and oxygen atoms in total. The lowest BCUT2D eigenvalue weighted by atomic mass is 9.73. The molecule has 0 atom stereocenters. The van der Waals surface area contributed by atoms with Crippen LogP contribution in [0.15, 0.2) is 24.3 Å². The van der Waals surface area contributed by atoms with Gasteiger partial charge >= 0.3 is 0 Å². The second-order valence-corrected chi connectivity index (χ2v) is 10.1. The lowest BCUT2D eigenvalue weighted by Crippen LogP contribution is -2.53. The first-order valence-corrected chi connectivity index (χ1v) is 12.6. The van der Waals surface area contributed by atoms with Gasteiger partial charge in [-0.2, -0.15) is 0 Å². The fourth-order valence-electron chi connectivity index (χ4n) is 5.56. The van der Waals surface area contributed by atoms with Crippen LogP contribution in [-0.4, -0.2) is 92.9 Å². The number of likely N-dealkylation sites (tertiary alicyclic amines) is 1. The molecule has 5 heteroatoms. The summed E-state index contributed by atoms with van der Waals surface area (Å²) in [6.45, 7) is 16.8. The lowest BCUT2D eigenvalue weighted by molar-refractivity contribution is 0.0214. The third-order valence-corrected chi connectivity index (χ3v) is 7.67. The molecule has 0 aliphatic carbocycles. The maximum Gasteiger partial charge on any atom is 0.119 e. The van der Waals surface area contributed by atoms with Gasteiger partial charge in [0.25, 0.3) is 0 Å². The van der Waals surface area contributed by atoms with Crippen molar-refractivity contribution in [2.75, 3.05) is 72.2 Å². The number of piperazine rings is 1. The van der Waals surface area contributed by atoms with Crippen LogP contribution in [0.4, 0.5) is 0 Å². The summed E-state index contributed by atoms with van der Waals surface area (Å²) >= 11 is 0. The third-order valence-electron chi connectivity index (χ3n) is 7.67. The third kappa shape index (κ3) is 6.22. The van der Waals surface area contributed by atoms with E-state index in [-0.39, 0.29) is 5.41 Å². The number of rotatable bonds is 9. The molecule has 174 valence electrons. The van der Waals surface area contributed by atoms with Crippen LogP contribution >= 0.6 is 0 Å². The highest BCUT2D eigenvalue weighted by atomic mass is 16.5. The van der Waals surface area contributed by atoms with Crippen molar-refractivity contribution in [3.63, 3.8) is 0 Å². The fraction of sp³-hybridized carbons (Fsp3) is 0.769. The zero-order valence-corrected chi connectivity index (χ0v) is 19.9. The Hall–Kier alpha value is -1.14. The number of benzene rings is 1. The van der Waals surface area contributed by atoms with Crippen molar-refractivity contribution in [2.24, 2.45) is 0 Å². The van der Waals surface area contributed by atoms with Crippen molar-refractivity contribution in [2.45, 2.75) is 57.4 Å². The molecular formula is C26H43N3O2. The van der Waals surface area contributed by atoms with Crippen LogP contribution < -0.4 is 4.74 Å². The Morgan fingerprint density at radius 1 is 0.903 bits per heavy atom. The summed E-state index contributed by atoms with van der Waals surface area (Å²) in [4.78, 5) is 7.85. The van der Waals surface area contributed by atoms with Gasteiger partial charge in [0.1, 0.15) is 5.75 Å². The lowest BCUT2D eigenvalue weighted by Gasteiger charge is -2.44. The predicted octanol–water partition coefficient (Wildman–Crippen LogP) is 3.63. The number of hydrogen-bond acceptors (Lipinski definition) is 5. The predicted molar refractivity (Wildman–Crippen MR) is 127 cm³/mol. The molecular weight excluding hydrogens is 386 g/mol. The molecule has 3 fully saturated rings. The monoisotopic (exact) mass is 429 g/mol. The van der Waals surface area contributed by atoms with Crippen LogP contribution in [0.1, 0.15) is 51.5 Å². The quantitative estimate of drug-likeness (QED) is 0.559. The molecule has 0 N–H and O–H groups in total. The van der Waals surface area contributed by atoms with E-state index in [0.717, 1.165) is 51.4 Å². The molecule has 0 radical (unpaired) electrons. The Bertz CT molecular complexity index is 643. The summed E-state index contributed by atoms with van der Waals surface area (Å²) in [6, 6.07) is 9.69. The Balaban J connectivity index is 1.31. The first-order chi connectivity index (χ1) is 15.1. The summed E-state index contributed by atoms with van der Waals surface area (Å²) in [5.74, 6) is 1.01. The minimum Gasteiger partial charge on any atom is -0.494 e. The summed E-state index contributed by atoms with van der Waals surface area (Å²) in [5.41, 5.74) is 1.68. The minimum absolute atomic E-state index is 0.215. The second-order valence-electron chi connectivity index (χ2n) is 10.1. The zero-order chi connectivity index (χ0) is 21.5. The van der Waals surface area contributed by atoms with Crippen molar-refractivity contribution >= 4 is 0 Å². The molecule has 3 aliphatic heterocycles. The van der Waals surface area contributed by atoms with Gasteiger partial charge in [-0.1, -0.05) is 12.1 Å². The molecule has 0 aromatic heterocycles. The maximum absolute atomic E-state index is 6.06. The highest BCUT2D eigenvalue weighted by molar-refractivity contribution is 5.33. The summed E-state index contributed by atoms with van der Waals surface area (Å²) in [6.07, 6.45) is 6.08. The summed E-state index contributed by atoms with van der Waals surface area (Å²) in [5, 5.41) is 0. The highest BCUT2D eigenvalue weighted by Gasteiger charge is 2.37. The van der Waals surface area contributed by atoms with E-state index >= 15 is 0 Å². The number of ether oxygens (including phenoxy) is 2. The number of hydrogen-bond donors (Lipinski definition) is 0. The van der Waals surface area contributed by atoms with Crippen molar-refractivity contribution in [3.05, 3.63) is 29.8 Å². The molecule has 1 aromatic rings. The molecule has 3 heterocycles. The molecule has 0 spiro atoms. The van der Waals surface area contributed by atoms with Gasteiger partial charge in [0.05, 0.1) is 6.61 Å². The van der Waals surface area contributed by atoms with Crippen molar-refractivity contribution in [3.8, 4) is 5.75 Å². The van der Waals surface area contributed by atoms with Crippen LogP contribution in [0.2, 0.25) is 0 Å². The average molecular weight is 430 g/mol. The molecule has 0 saturated carbocycles. The van der Waals surface area contributed by atoms with E-state index in [1.807, 2.05) is 0 Å². The van der Waals surface area contributed by atoms with Crippen LogP contribution in [0.3, 0.4) is 0 Å². The van der Waals surface area contributed by atoms with E-state index in [1.54, 1.807) is 0 Å². The second kappa shape index (κ2) is 11.1. The first kappa shape index (κ1) is 23.0.